The molecule has 3 aliphatic rings. The molecule has 0 aromatic heterocycles. The van der Waals surface area contributed by atoms with E-state index in [2.05, 4.69) is 18.3 Å². The standard InChI is InChI=1S/C32H37BFN3O3/c1-19-26-16-15-25(27(36)20-7-11-23(34)12-8-20)29(32(26,6)17-21(18-35)28(19)38)37-24-13-9-22(10-14-24)33-39-30(2,3)31(4,5)40-33/h7-14,19,26,36-38H,15-17H2,1-6H3/t19-,26-,32-/m1/s1. The highest BCUT2D eigenvalue weighted by atomic mass is 19.1. The van der Waals surface area contributed by atoms with Gasteiger partial charge in [-0.3, -0.25) is 5.41 Å². The fraction of sp³-hybridized carbons (Fsp3) is 0.438. The Hall–Kier alpha value is -3.41. The average molecular weight is 541 g/mol. The molecule has 1 aliphatic heterocycles. The van der Waals surface area contributed by atoms with Gasteiger partial charge in [0.05, 0.1) is 28.6 Å². The van der Waals surface area contributed by atoms with E-state index in [9.17, 15) is 14.8 Å². The number of rotatable bonds is 5. The molecule has 3 atom stereocenters. The molecule has 0 spiro atoms. The molecule has 1 fully saturated rings. The number of hydrogen-bond donors (Lipinski definition) is 3. The van der Waals surface area contributed by atoms with Crippen LogP contribution in [-0.4, -0.2) is 29.1 Å². The van der Waals surface area contributed by atoms with Crippen molar-refractivity contribution in [3.8, 4) is 6.07 Å². The maximum absolute atomic E-state index is 13.7. The fourth-order valence-corrected chi connectivity index (χ4v) is 6.42. The van der Waals surface area contributed by atoms with Gasteiger partial charge in [-0.25, -0.2) is 4.39 Å². The minimum Gasteiger partial charge on any atom is -0.511 e. The summed E-state index contributed by atoms with van der Waals surface area (Å²) in [5.41, 5.74) is 3.43. The Labute approximate surface area is 236 Å². The Balaban J connectivity index is 1.53. The molecular formula is C32H37BFN3O3. The summed E-state index contributed by atoms with van der Waals surface area (Å²) in [6.45, 7) is 12.2. The van der Waals surface area contributed by atoms with Crippen LogP contribution in [0.25, 0.3) is 0 Å². The molecule has 0 unspecified atom stereocenters. The summed E-state index contributed by atoms with van der Waals surface area (Å²) in [6.07, 6.45) is 1.77. The van der Waals surface area contributed by atoms with E-state index in [1.165, 1.54) is 12.1 Å². The highest BCUT2D eigenvalue weighted by Crippen LogP contribution is 2.56. The van der Waals surface area contributed by atoms with Crippen molar-refractivity contribution in [1.82, 2.24) is 0 Å². The molecule has 2 aliphatic carbocycles. The van der Waals surface area contributed by atoms with Gasteiger partial charge in [-0.1, -0.05) is 26.0 Å². The van der Waals surface area contributed by atoms with Gasteiger partial charge in [0.15, 0.2) is 0 Å². The zero-order valence-corrected chi connectivity index (χ0v) is 24.1. The first-order chi connectivity index (χ1) is 18.8. The first kappa shape index (κ1) is 28.1. The van der Waals surface area contributed by atoms with Crippen molar-refractivity contribution < 1.29 is 18.8 Å². The minimum atomic E-state index is -0.513. The zero-order valence-electron chi connectivity index (χ0n) is 24.1. The van der Waals surface area contributed by atoms with E-state index >= 15 is 0 Å². The highest BCUT2D eigenvalue weighted by Gasteiger charge is 2.52. The van der Waals surface area contributed by atoms with Crippen LogP contribution in [0.1, 0.15) is 66.4 Å². The topological polar surface area (TPSA) is 98.4 Å². The van der Waals surface area contributed by atoms with Crippen LogP contribution in [-0.2, 0) is 9.31 Å². The van der Waals surface area contributed by atoms with Crippen LogP contribution in [0, 0.1) is 39.8 Å². The largest absolute Gasteiger partial charge is 0.511 e. The van der Waals surface area contributed by atoms with Crippen molar-refractivity contribution in [2.24, 2.45) is 17.3 Å². The molecule has 40 heavy (non-hydrogen) atoms. The first-order valence-corrected chi connectivity index (χ1v) is 13.9. The number of nitrogens with zero attached hydrogens (tertiary/aromatic N) is 1. The molecule has 0 radical (unpaired) electrons. The second-order valence-corrected chi connectivity index (χ2v) is 12.6. The number of benzene rings is 2. The molecule has 2 aromatic carbocycles. The minimum absolute atomic E-state index is 0.0842. The van der Waals surface area contributed by atoms with Gasteiger partial charge in [-0.15, -0.1) is 0 Å². The SMILES string of the molecule is C[C@H]1C(O)=C(C#N)C[C@@]2(C)C(Nc3ccc(B4OC(C)(C)C(C)(C)O4)cc3)=C(C(=N)c3ccc(F)cc3)CC[C@H]12. The van der Waals surface area contributed by atoms with E-state index in [0.29, 0.717) is 29.7 Å². The molecular weight excluding hydrogens is 504 g/mol. The number of hydrogen-bond acceptors (Lipinski definition) is 6. The normalized spacial score (nSPS) is 27.3. The second kappa shape index (κ2) is 9.90. The molecule has 208 valence electrons. The van der Waals surface area contributed by atoms with Gasteiger partial charge in [-0.05, 0) is 106 Å². The monoisotopic (exact) mass is 541 g/mol. The van der Waals surface area contributed by atoms with Crippen molar-refractivity contribution in [1.29, 1.82) is 10.7 Å². The molecule has 1 heterocycles. The van der Waals surface area contributed by atoms with E-state index < -0.39 is 23.7 Å². The van der Waals surface area contributed by atoms with Crippen molar-refractivity contribution in [2.45, 2.75) is 72.0 Å². The van der Waals surface area contributed by atoms with Gasteiger partial charge in [-0.2, -0.15) is 5.26 Å². The van der Waals surface area contributed by atoms with Gasteiger partial charge in [0.1, 0.15) is 11.6 Å². The summed E-state index contributed by atoms with van der Waals surface area (Å²) in [4.78, 5) is 0. The van der Waals surface area contributed by atoms with Crippen LogP contribution >= 0.6 is 0 Å². The predicted octanol–water partition coefficient (Wildman–Crippen LogP) is 6.65. The van der Waals surface area contributed by atoms with Gasteiger partial charge in [0.25, 0.3) is 0 Å². The van der Waals surface area contributed by atoms with Gasteiger partial charge in [0, 0.05) is 22.7 Å². The highest BCUT2D eigenvalue weighted by molar-refractivity contribution is 6.62. The number of anilines is 1. The molecule has 8 heteroatoms. The summed E-state index contributed by atoms with van der Waals surface area (Å²) in [6, 6.07) is 16.1. The van der Waals surface area contributed by atoms with E-state index in [4.69, 9.17) is 14.7 Å². The Kier molecular flexibility index (Phi) is 6.96. The predicted molar refractivity (Wildman–Crippen MR) is 156 cm³/mol. The first-order valence-electron chi connectivity index (χ1n) is 13.9. The average Bonchev–Trinajstić information content (AvgIpc) is 3.14. The summed E-state index contributed by atoms with van der Waals surface area (Å²) in [7, 11) is -0.470. The third-order valence-corrected chi connectivity index (χ3v) is 9.56. The molecule has 0 saturated carbocycles. The molecule has 2 aromatic rings. The third kappa shape index (κ3) is 4.65. The third-order valence-electron chi connectivity index (χ3n) is 9.56. The van der Waals surface area contributed by atoms with Gasteiger partial charge < -0.3 is 19.7 Å². The second-order valence-electron chi connectivity index (χ2n) is 12.6. The Morgan fingerprint density at radius 2 is 1.65 bits per heavy atom. The number of allylic oxidation sites excluding steroid dienone is 4. The van der Waals surface area contributed by atoms with E-state index in [1.807, 2.05) is 58.9 Å². The van der Waals surface area contributed by atoms with Gasteiger partial charge in [0.2, 0.25) is 0 Å². The summed E-state index contributed by atoms with van der Waals surface area (Å²) < 4.78 is 26.1. The smallest absolute Gasteiger partial charge is 0.494 e. The van der Waals surface area contributed by atoms with Crippen molar-refractivity contribution >= 4 is 24.0 Å². The van der Waals surface area contributed by atoms with Crippen molar-refractivity contribution in [2.75, 3.05) is 5.32 Å². The number of aliphatic hydroxyl groups is 1. The number of fused-ring (bicyclic) bond motifs is 1. The van der Waals surface area contributed by atoms with Crippen LogP contribution in [0.3, 0.4) is 0 Å². The Morgan fingerprint density at radius 3 is 2.23 bits per heavy atom. The van der Waals surface area contributed by atoms with Crippen LogP contribution in [0.15, 0.2) is 71.1 Å². The van der Waals surface area contributed by atoms with E-state index in [-0.39, 0.29) is 23.4 Å². The van der Waals surface area contributed by atoms with E-state index in [1.54, 1.807) is 12.1 Å². The summed E-state index contributed by atoms with van der Waals surface area (Å²) in [5, 5.41) is 33.4. The number of halogens is 1. The van der Waals surface area contributed by atoms with Gasteiger partial charge >= 0.3 is 7.12 Å². The molecule has 1 saturated heterocycles. The van der Waals surface area contributed by atoms with Crippen molar-refractivity contribution in [3.63, 3.8) is 0 Å². The molecule has 0 amide bonds. The molecule has 5 rings (SSSR count). The molecule has 6 nitrogen and oxygen atoms in total. The lowest BCUT2D eigenvalue weighted by atomic mass is 9.56. The maximum Gasteiger partial charge on any atom is 0.494 e. The van der Waals surface area contributed by atoms with Crippen LogP contribution in [0.2, 0.25) is 0 Å². The number of nitrogens with one attached hydrogen (secondary N) is 2. The van der Waals surface area contributed by atoms with E-state index in [0.717, 1.165) is 28.8 Å². The lowest BCUT2D eigenvalue weighted by molar-refractivity contribution is 0.00578. The summed E-state index contributed by atoms with van der Waals surface area (Å²) in [5.74, 6) is -0.270. The Bertz CT molecular complexity index is 1420. The number of nitriles is 1. The quantitative estimate of drug-likeness (QED) is 0.291. The zero-order chi connectivity index (χ0) is 29.0. The van der Waals surface area contributed by atoms with Crippen molar-refractivity contribution in [3.05, 3.63) is 82.5 Å². The maximum atomic E-state index is 13.7. The fourth-order valence-electron chi connectivity index (χ4n) is 6.42. The molecule has 3 N–H and O–H groups in total. The van der Waals surface area contributed by atoms with Crippen LogP contribution < -0.4 is 10.8 Å². The van der Waals surface area contributed by atoms with Crippen LogP contribution in [0.5, 0.6) is 0 Å². The van der Waals surface area contributed by atoms with Crippen LogP contribution in [0.4, 0.5) is 10.1 Å². The molecule has 0 bridgehead atoms. The Morgan fingerprint density at radius 1 is 1.05 bits per heavy atom. The summed E-state index contributed by atoms with van der Waals surface area (Å²) >= 11 is 0. The number of aliphatic hydroxyl groups excluding tert-OH is 1. The lowest BCUT2D eigenvalue weighted by Gasteiger charge is -2.50. The lowest BCUT2D eigenvalue weighted by Crippen LogP contribution is -2.44.